The van der Waals surface area contributed by atoms with Gasteiger partial charge in [-0.05, 0) is 25.6 Å². The molecule has 156 valence electrons. The molecule has 6 nitrogen and oxygen atoms in total. The fourth-order valence-corrected chi connectivity index (χ4v) is 2.64. The average molecular weight is 383 g/mol. The van der Waals surface area contributed by atoms with Crippen molar-refractivity contribution in [1.82, 2.24) is 9.80 Å². The summed E-state index contributed by atoms with van der Waals surface area (Å²) in [6, 6.07) is 7.96. The van der Waals surface area contributed by atoms with Crippen molar-refractivity contribution in [2.24, 2.45) is 0 Å². The van der Waals surface area contributed by atoms with E-state index in [0.717, 1.165) is 71.5 Å². The highest BCUT2D eigenvalue weighted by Crippen LogP contribution is 2.09. The number of rotatable bonds is 5. The summed E-state index contributed by atoms with van der Waals surface area (Å²) in [4.78, 5) is 4.75. The van der Waals surface area contributed by atoms with Crippen molar-refractivity contribution in [3.63, 3.8) is 0 Å². The van der Waals surface area contributed by atoms with E-state index in [-0.39, 0.29) is 0 Å². The van der Waals surface area contributed by atoms with Gasteiger partial charge in [-0.3, -0.25) is 9.80 Å². The van der Waals surface area contributed by atoms with E-state index in [2.05, 4.69) is 23.6 Å². The van der Waals surface area contributed by atoms with Gasteiger partial charge in [0, 0.05) is 39.8 Å². The molecule has 0 radical (unpaired) electrons. The van der Waals surface area contributed by atoms with Gasteiger partial charge in [0.25, 0.3) is 0 Å². The molecule has 2 fully saturated rings. The third kappa shape index (κ3) is 12.0. The van der Waals surface area contributed by atoms with Gasteiger partial charge in [0.15, 0.2) is 0 Å². The summed E-state index contributed by atoms with van der Waals surface area (Å²) < 4.78 is 20.3. The molecule has 6 heteroatoms. The molecule has 0 spiro atoms. The molecule has 2 aliphatic rings. The van der Waals surface area contributed by atoms with Crippen molar-refractivity contribution in [3.05, 3.63) is 29.8 Å². The van der Waals surface area contributed by atoms with Crippen LogP contribution in [0.1, 0.15) is 12.5 Å². The summed E-state index contributed by atoms with van der Waals surface area (Å²) in [5.41, 5.74) is 1.26. The number of likely N-dealkylation sites (N-methyl/N-ethyl adjacent to an activating group) is 1. The fraction of sp³-hybridized carbons (Fsp3) is 0.714. The maximum Gasteiger partial charge on any atom is 0.118 e. The van der Waals surface area contributed by atoms with Crippen LogP contribution in [0.25, 0.3) is 0 Å². The lowest BCUT2D eigenvalue weighted by molar-refractivity contribution is 0.0263. The van der Waals surface area contributed by atoms with Crippen LogP contribution in [-0.4, -0.2) is 96.3 Å². The molecule has 2 saturated heterocycles. The number of methoxy groups -OCH3 is 2. The first-order valence-corrected chi connectivity index (χ1v) is 9.89. The first kappa shape index (κ1) is 23.9. The van der Waals surface area contributed by atoms with Crippen LogP contribution >= 0.6 is 0 Å². The second-order valence-electron chi connectivity index (χ2n) is 6.51. The molecule has 0 amide bonds. The summed E-state index contributed by atoms with van der Waals surface area (Å²) in [5.74, 6) is 0.917. The van der Waals surface area contributed by atoms with E-state index < -0.39 is 0 Å². The van der Waals surface area contributed by atoms with E-state index >= 15 is 0 Å². The van der Waals surface area contributed by atoms with Gasteiger partial charge < -0.3 is 18.9 Å². The van der Waals surface area contributed by atoms with Crippen molar-refractivity contribution in [3.8, 4) is 5.75 Å². The largest absolute Gasteiger partial charge is 0.497 e. The van der Waals surface area contributed by atoms with Gasteiger partial charge in [0.1, 0.15) is 5.75 Å². The highest BCUT2D eigenvalue weighted by atomic mass is 16.5. The molecule has 0 saturated carbocycles. The summed E-state index contributed by atoms with van der Waals surface area (Å²) in [5, 5.41) is 0. The monoisotopic (exact) mass is 382 g/mol. The number of benzene rings is 1. The van der Waals surface area contributed by atoms with Crippen molar-refractivity contribution in [2.75, 3.05) is 86.5 Å². The minimum absolute atomic E-state index is 0.833. The second kappa shape index (κ2) is 15.8. The summed E-state index contributed by atoms with van der Waals surface area (Å²) >= 11 is 0. The molecule has 27 heavy (non-hydrogen) atoms. The number of morpholine rings is 2. The molecule has 3 rings (SSSR count). The summed E-state index contributed by atoms with van der Waals surface area (Å²) in [7, 11) is 3.41. The van der Waals surface area contributed by atoms with Crippen LogP contribution in [0.3, 0.4) is 0 Å². The predicted molar refractivity (Wildman–Crippen MR) is 110 cm³/mol. The van der Waals surface area contributed by atoms with E-state index in [1.54, 1.807) is 14.2 Å². The molecule has 0 aromatic heterocycles. The minimum Gasteiger partial charge on any atom is -0.497 e. The highest BCUT2D eigenvalue weighted by Gasteiger charge is 2.08. The molecular formula is C21H38N2O4. The van der Waals surface area contributed by atoms with Gasteiger partial charge >= 0.3 is 0 Å². The normalized spacial score (nSPS) is 17.9. The van der Waals surface area contributed by atoms with Gasteiger partial charge in [0.05, 0.1) is 40.1 Å². The first-order chi connectivity index (χ1) is 13.2. The molecule has 0 atom stereocenters. The number of hydrogen-bond acceptors (Lipinski definition) is 6. The molecule has 2 aliphatic heterocycles. The van der Waals surface area contributed by atoms with E-state index in [1.165, 1.54) is 12.1 Å². The third-order valence-corrected chi connectivity index (χ3v) is 4.52. The van der Waals surface area contributed by atoms with Crippen LogP contribution in [0, 0.1) is 6.92 Å². The Kier molecular flexibility index (Phi) is 14.0. The van der Waals surface area contributed by atoms with Gasteiger partial charge in [-0.1, -0.05) is 24.6 Å². The van der Waals surface area contributed by atoms with Crippen LogP contribution in [0.2, 0.25) is 0 Å². The standard InChI is InChI=1S/C8H10O.C7H15NO2.C6H13NO/c1-7-3-5-8(9-2)6-4-7;1-9-5-2-8-3-6-10-7-4-8;1-2-7-3-5-8-6-4-7/h3-6H,1-2H3;2-7H2,1H3;2-6H2,1H3. The second-order valence-corrected chi connectivity index (χ2v) is 6.51. The Morgan fingerprint density at radius 3 is 1.78 bits per heavy atom. The molecule has 1 aromatic rings. The Bertz CT molecular complexity index is 444. The van der Waals surface area contributed by atoms with Gasteiger partial charge in [0.2, 0.25) is 0 Å². The van der Waals surface area contributed by atoms with Crippen molar-refractivity contribution in [1.29, 1.82) is 0 Å². The van der Waals surface area contributed by atoms with Gasteiger partial charge in [-0.25, -0.2) is 0 Å². The molecule has 2 heterocycles. The van der Waals surface area contributed by atoms with Crippen LogP contribution in [0.4, 0.5) is 0 Å². The van der Waals surface area contributed by atoms with Crippen molar-refractivity contribution in [2.45, 2.75) is 13.8 Å². The molecule has 0 aliphatic carbocycles. The Morgan fingerprint density at radius 2 is 1.37 bits per heavy atom. The minimum atomic E-state index is 0.833. The number of aryl methyl sites for hydroxylation is 1. The highest BCUT2D eigenvalue weighted by molar-refractivity contribution is 5.25. The van der Waals surface area contributed by atoms with Gasteiger partial charge in [-0.15, -0.1) is 0 Å². The maximum atomic E-state index is 5.20. The quantitative estimate of drug-likeness (QED) is 0.779. The summed E-state index contributed by atoms with van der Waals surface area (Å²) in [6.45, 7) is 15.3. The van der Waals surface area contributed by atoms with E-state index in [9.17, 15) is 0 Å². The van der Waals surface area contributed by atoms with Crippen molar-refractivity contribution >= 4 is 0 Å². The number of hydrogen-bond donors (Lipinski definition) is 0. The molecular weight excluding hydrogens is 344 g/mol. The third-order valence-electron chi connectivity index (χ3n) is 4.52. The molecule has 0 bridgehead atoms. The topological polar surface area (TPSA) is 43.4 Å². The van der Waals surface area contributed by atoms with E-state index in [0.29, 0.717) is 0 Å². The molecule has 0 unspecified atom stereocenters. The van der Waals surface area contributed by atoms with E-state index in [1.807, 2.05) is 24.3 Å². The lowest BCUT2D eigenvalue weighted by Crippen LogP contribution is -2.38. The molecule has 1 aromatic carbocycles. The Balaban J connectivity index is 0.000000204. The Labute approximate surface area is 165 Å². The average Bonchev–Trinajstić information content (AvgIpc) is 2.75. The SMILES string of the molecule is CCN1CCOCC1.COCCN1CCOCC1.COc1ccc(C)cc1. The lowest BCUT2D eigenvalue weighted by Gasteiger charge is -2.25. The zero-order valence-electron chi connectivity index (χ0n) is 17.6. The van der Waals surface area contributed by atoms with Crippen LogP contribution in [0.15, 0.2) is 24.3 Å². The zero-order valence-corrected chi connectivity index (χ0v) is 17.6. The smallest absolute Gasteiger partial charge is 0.118 e. The maximum absolute atomic E-state index is 5.20. The van der Waals surface area contributed by atoms with Crippen LogP contribution < -0.4 is 4.74 Å². The first-order valence-electron chi connectivity index (χ1n) is 9.89. The van der Waals surface area contributed by atoms with E-state index in [4.69, 9.17) is 18.9 Å². The summed E-state index contributed by atoms with van der Waals surface area (Å²) in [6.07, 6.45) is 0. The number of ether oxygens (including phenoxy) is 4. The number of nitrogens with zero attached hydrogens (tertiary/aromatic N) is 2. The Hall–Kier alpha value is -1.18. The molecule has 0 N–H and O–H groups in total. The van der Waals surface area contributed by atoms with Crippen LogP contribution in [0.5, 0.6) is 5.75 Å². The fourth-order valence-electron chi connectivity index (χ4n) is 2.64. The predicted octanol–water partition coefficient (Wildman–Crippen LogP) is 2.31. The van der Waals surface area contributed by atoms with Crippen LogP contribution in [-0.2, 0) is 14.2 Å². The van der Waals surface area contributed by atoms with Gasteiger partial charge in [-0.2, -0.15) is 0 Å². The van der Waals surface area contributed by atoms with Crippen molar-refractivity contribution < 1.29 is 18.9 Å². The Morgan fingerprint density at radius 1 is 0.852 bits per heavy atom. The zero-order chi connectivity index (χ0) is 19.7. The lowest BCUT2D eigenvalue weighted by atomic mass is 10.2.